The van der Waals surface area contributed by atoms with Gasteiger partial charge in [0.25, 0.3) is 0 Å². The van der Waals surface area contributed by atoms with Crippen molar-refractivity contribution in [3.05, 3.63) is 95.6 Å². The maximum Gasteiger partial charge on any atom is 0.120 e. The highest BCUT2D eigenvalue weighted by atomic mass is 16.5. The number of phenolic OH excluding ortho intramolecular Hbond substituents is 1. The molecule has 0 unspecified atom stereocenters. The molecule has 0 aromatic heterocycles. The van der Waals surface area contributed by atoms with E-state index in [4.69, 9.17) is 4.74 Å². The summed E-state index contributed by atoms with van der Waals surface area (Å²) in [5.41, 5.74) is 4.80. The lowest BCUT2D eigenvalue weighted by Crippen LogP contribution is -2.25. The van der Waals surface area contributed by atoms with Crippen LogP contribution in [0.5, 0.6) is 11.5 Å². The monoisotopic (exact) mass is 388 g/mol. The minimum absolute atomic E-state index is 0.214. The molecule has 29 heavy (non-hydrogen) atoms. The van der Waals surface area contributed by atoms with E-state index in [9.17, 15) is 5.11 Å². The molecule has 3 rings (SSSR count). The van der Waals surface area contributed by atoms with Crippen molar-refractivity contribution in [3.8, 4) is 11.5 Å². The third-order valence-electron chi connectivity index (χ3n) is 5.34. The standard InChI is InChI=1S/C27H32O2/c1-6-7-8-9-19(2)24-16-12-21-18-23(29-27(3,4)5)15-17-25(21)26(24)20-10-13-22(28)14-11-20/h6-11,13-15,17-18,24,26,28H,2,12,16H2,1,3-5H3/b7-6-,9-8-/t24-,26+/m1/s1. The molecule has 0 radical (unpaired) electrons. The SMILES string of the molecule is C=C(/C=C\C=C/C)[C@H]1CCc2cc(OC(C)(C)C)ccc2[C@H]1c1ccc(O)cc1. The first kappa shape index (κ1) is 21.0. The van der Waals surface area contributed by atoms with Crippen LogP contribution in [0.1, 0.15) is 56.7 Å². The van der Waals surface area contributed by atoms with Crippen molar-refractivity contribution in [2.45, 2.75) is 52.1 Å². The molecule has 0 spiro atoms. The van der Waals surface area contributed by atoms with Gasteiger partial charge in [-0.2, -0.15) is 0 Å². The van der Waals surface area contributed by atoms with Gasteiger partial charge in [0.05, 0.1) is 0 Å². The zero-order chi connectivity index (χ0) is 21.0. The van der Waals surface area contributed by atoms with E-state index in [-0.39, 0.29) is 11.5 Å². The normalized spacial score (nSPS) is 19.4. The molecule has 0 saturated carbocycles. The lowest BCUT2D eigenvalue weighted by atomic mass is 9.69. The Hall–Kier alpha value is -2.74. The molecule has 1 N–H and O–H groups in total. The Labute approximate surface area is 175 Å². The quantitative estimate of drug-likeness (QED) is 0.561. The van der Waals surface area contributed by atoms with Crippen LogP contribution in [0.2, 0.25) is 0 Å². The molecule has 0 aliphatic heterocycles. The highest BCUT2D eigenvalue weighted by Crippen LogP contribution is 2.45. The summed E-state index contributed by atoms with van der Waals surface area (Å²) in [7, 11) is 0. The highest BCUT2D eigenvalue weighted by Gasteiger charge is 2.32. The van der Waals surface area contributed by atoms with Crippen LogP contribution in [0, 0.1) is 5.92 Å². The molecule has 2 aromatic rings. The Morgan fingerprint density at radius 3 is 2.48 bits per heavy atom. The van der Waals surface area contributed by atoms with E-state index in [0.717, 1.165) is 24.2 Å². The van der Waals surface area contributed by atoms with E-state index in [0.29, 0.717) is 11.7 Å². The van der Waals surface area contributed by atoms with E-state index >= 15 is 0 Å². The van der Waals surface area contributed by atoms with Gasteiger partial charge in [-0.05, 0) is 87.4 Å². The van der Waals surface area contributed by atoms with E-state index in [1.807, 2.05) is 31.2 Å². The van der Waals surface area contributed by atoms with E-state index in [2.05, 4.69) is 57.7 Å². The van der Waals surface area contributed by atoms with Crippen molar-refractivity contribution >= 4 is 0 Å². The summed E-state index contributed by atoms with van der Waals surface area (Å²) in [5, 5.41) is 9.76. The lowest BCUT2D eigenvalue weighted by Gasteiger charge is -2.35. The van der Waals surface area contributed by atoms with Gasteiger partial charge in [-0.25, -0.2) is 0 Å². The van der Waals surface area contributed by atoms with Gasteiger partial charge in [-0.15, -0.1) is 0 Å². The molecule has 2 heteroatoms. The molecule has 0 saturated heterocycles. The average molecular weight is 389 g/mol. The number of hydrogen-bond donors (Lipinski definition) is 1. The maximum absolute atomic E-state index is 9.76. The van der Waals surface area contributed by atoms with Crippen LogP contribution in [-0.4, -0.2) is 10.7 Å². The third kappa shape index (κ3) is 5.20. The summed E-state index contributed by atoms with van der Waals surface area (Å²) < 4.78 is 6.09. The Bertz CT molecular complexity index is 911. The van der Waals surface area contributed by atoms with Crippen molar-refractivity contribution < 1.29 is 9.84 Å². The molecule has 0 heterocycles. The average Bonchev–Trinajstić information content (AvgIpc) is 2.66. The number of aryl methyl sites for hydroxylation is 1. The number of phenols is 1. The smallest absolute Gasteiger partial charge is 0.120 e. The molecule has 2 aromatic carbocycles. The second kappa shape index (κ2) is 8.73. The summed E-state index contributed by atoms with van der Waals surface area (Å²) >= 11 is 0. The summed E-state index contributed by atoms with van der Waals surface area (Å²) in [5.74, 6) is 1.75. The maximum atomic E-state index is 9.76. The molecule has 1 aliphatic carbocycles. The van der Waals surface area contributed by atoms with E-state index < -0.39 is 0 Å². The Morgan fingerprint density at radius 2 is 1.83 bits per heavy atom. The van der Waals surface area contributed by atoms with Crippen LogP contribution >= 0.6 is 0 Å². The van der Waals surface area contributed by atoms with Crippen LogP contribution in [0.4, 0.5) is 0 Å². The molecule has 152 valence electrons. The van der Waals surface area contributed by atoms with E-state index in [1.54, 1.807) is 12.1 Å². The van der Waals surface area contributed by atoms with Gasteiger partial charge in [0.15, 0.2) is 0 Å². The molecule has 1 aliphatic rings. The minimum Gasteiger partial charge on any atom is -0.508 e. The highest BCUT2D eigenvalue weighted by molar-refractivity contribution is 5.48. The van der Waals surface area contributed by atoms with Gasteiger partial charge in [0, 0.05) is 5.92 Å². The lowest BCUT2D eigenvalue weighted by molar-refractivity contribution is 0.130. The van der Waals surface area contributed by atoms with Gasteiger partial charge in [0.2, 0.25) is 0 Å². The summed E-state index contributed by atoms with van der Waals surface area (Å²) in [6, 6.07) is 14.1. The van der Waals surface area contributed by atoms with Crippen molar-refractivity contribution in [2.24, 2.45) is 5.92 Å². The number of allylic oxidation sites excluding steroid dienone is 5. The molecule has 0 fully saturated rings. The van der Waals surface area contributed by atoms with Crippen LogP contribution in [0.15, 0.2) is 78.9 Å². The van der Waals surface area contributed by atoms with Crippen molar-refractivity contribution in [1.82, 2.24) is 0 Å². The zero-order valence-electron chi connectivity index (χ0n) is 18.0. The van der Waals surface area contributed by atoms with Crippen LogP contribution in [-0.2, 0) is 6.42 Å². The number of benzene rings is 2. The van der Waals surface area contributed by atoms with Crippen LogP contribution in [0.25, 0.3) is 0 Å². The largest absolute Gasteiger partial charge is 0.508 e. The predicted molar refractivity (Wildman–Crippen MR) is 122 cm³/mol. The fraction of sp³-hybridized carbons (Fsp3) is 0.333. The topological polar surface area (TPSA) is 29.5 Å². The van der Waals surface area contributed by atoms with E-state index in [1.165, 1.54) is 16.7 Å². The first-order chi connectivity index (χ1) is 13.8. The third-order valence-corrected chi connectivity index (χ3v) is 5.34. The fourth-order valence-corrected chi connectivity index (χ4v) is 4.12. The number of ether oxygens (including phenoxy) is 1. The molecule has 2 nitrogen and oxygen atoms in total. The van der Waals surface area contributed by atoms with Gasteiger partial charge in [0.1, 0.15) is 17.1 Å². The molecule has 0 bridgehead atoms. The summed E-state index contributed by atoms with van der Waals surface area (Å²) in [6.45, 7) is 12.6. The van der Waals surface area contributed by atoms with Crippen molar-refractivity contribution in [2.75, 3.05) is 0 Å². The van der Waals surface area contributed by atoms with Crippen LogP contribution in [0.3, 0.4) is 0 Å². The fourth-order valence-electron chi connectivity index (χ4n) is 4.12. The second-order valence-electron chi connectivity index (χ2n) is 8.75. The first-order valence-electron chi connectivity index (χ1n) is 10.4. The Balaban J connectivity index is 2.01. The van der Waals surface area contributed by atoms with Gasteiger partial charge in [-0.3, -0.25) is 0 Å². The Kier molecular flexibility index (Phi) is 6.32. The summed E-state index contributed by atoms with van der Waals surface area (Å²) in [6.07, 6.45) is 10.3. The number of hydrogen-bond acceptors (Lipinski definition) is 2. The van der Waals surface area contributed by atoms with Gasteiger partial charge in [-0.1, -0.05) is 54.7 Å². The Morgan fingerprint density at radius 1 is 1.10 bits per heavy atom. The molecular formula is C27H32O2. The van der Waals surface area contributed by atoms with Crippen LogP contribution < -0.4 is 4.74 Å². The second-order valence-corrected chi connectivity index (χ2v) is 8.75. The number of rotatable bonds is 5. The van der Waals surface area contributed by atoms with Gasteiger partial charge < -0.3 is 9.84 Å². The van der Waals surface area contributed by atoms with Crippen molar-refractivity contribution in [1.29, 1.82) is 0 Å². The predicted octanol–water partition coefficient (Wildman–Crippen LogP) is 6.95. The molecular weight excluding hydrogens is 356 g/mol. The zero-order valence-corrected chi connectivity index (χ0v) is 18.0. The first-order valence-corrected chi connectivity index (χ1v) is 10.4. The number of aromatic hydroxyl groups is 1. The minimum atomic E-state index is -0.215. The van der Waals surface area contributed by atoms with Crippen molar-refractivity contribution in [3.63, 3.8) is 0 Å². The molecule has 0 amide bonds. The van der Waals surface area contributed by atoms with Gasteiger partial charge >= 0.3 is 0 Å². The molecule has 2 atom stereocenters. The summed E-state index contributed by atoms with van der Waals surface area (Å²) in [4.78, 5) is 0. The number of fused-ring (bicyclic) bond motifs is 1.